The van der Waals surface area contributed by atoms with E-state index < -0.39 is 17.1 Å². The van der Waals surface area contributed by atoms with Crippen LogP contribution in [-0.2, 0) is 16.1 Å². The summed E-state index contributed by atoms with van der Waals surface area (Å²) in [4.78, 5) is 39.6. The molecule has 8 heteroatoms. The fraction of sp³-hybridized carbons (Fsp3) is 0.138. The summed E-state index contributed by atoms with van der Waals surface area (Å²) in [6.45, 7) is 4.24. The number of rotatable bonds is 6. The van der Waals surface area contributed by atoms with Crippen LogP contribution < -0.4 is 5.32 Å². The van der Waals surface area contributed by atoms with Crippen LogP contribution in [-0.4, -0.2) is 33.1 Å². The van der Waals surface area contributed by atoms with E-state index in [1.807, 2.05) is 80.7 Å². The van der Waals surface area contributed by atoms with Gasteiger partial charge in [-0.3, -0.25) is 19.3 Å². The van der Waals surface area contributed by atoms with Gasteiger partial charge in [0.25, 0.3) is 11.1 Å². The Morgan fingerprint density at radius 3 is 2.51 bits per heavy atom. The van der Waals surface area contributed by atoms with Gasteiger partial charge < -0.3 is 9.88 Å². The molecule has 3 amide bonds. The Morgan fingerprint density at radius 2 is 1.76 bits per heavy atom. The van der Waals surface area contributed by atoms with Gasteiger partial charge in [-0.05, 0) is 78.7 Å². The topological polar surface area (TPSA) is 71.4 Å². The van der Waals surface area contributed by atoms with Crippen molar-refractivity contribution in [1.82, 2.24) is 9.47 Å². The van der Waals surface area contributed by atoms with Gasteiger partial charge in [0.15, 0.2) is 0 Å². The average molecular weight is 530 g/mol. The SMILES string of the molecule is Cc1ccc(NC(=O)CN2C(=O)S/C(=C/c3cn(Cc4ccc(Cl)cc4)c4ccccc34)C2=O)cc1C. The smallest absolute Gasteiger partial charge is 0.294 e. The highest BCUT2D eigenvalue weighted by molar-refractivity contribution is 8.18. The maximum absolute atomic E-state index is 13.1. The summed E-state index contributed by atoms with van der Waals surface area (Å²) >= 11 is 6.87. The maximum atomic E-state index is 13.1. The summed E-state index contributed by atoms with van der Waals surface area (Å²) in [5.41, 5.74) is 5.71. The van der Waals surface area contributed by atoms with E-state index in [1.54, 1.807) is 12.1 Å². The van der Waals surface area contributed by atoms with Crippen LogP contribution in [0.3, 0.4) is 0 Å². The first kappa shape index (κ1) is 24.9. The van der Waals surface area contributed by atoms with Crippen molar-refractivity contribution < 1.29 is 14.4 Å². The number of hydrogen-bond donors (Lipinski definition) is 1. The van der Waals surface area contributed by atoms with E-state index in [-0.39, 0.29) is 6.54 Å². The number of thioether (sulfide) groups is 1. The van der Waals surface area contributed by atoms with E-state index in [0.29, 0.717) is 22.2 Å². The lowest BCUT2D eigenvalue weighted by Gasteiger charge is -2.13. The second-order valence-corrected chi connectivity index (χ2v) is 10.4. The molecule has 0 spiro atoms. The number of para-hydroxylation sites is 1. The lowest BCUT2D eigenvalue weighted by atomic mass is 10.1. The molecule has 2 heterocycles. The number of aryl methyl sites for hydroxylation is 2. The molecular weight excluding hydrogens is 506 g/mol. The van der Waals surface area contributed by atoms with E-state index in [0.717, 1.165) is 49.8 Å². The predicted molar refractivity (Wildman–Crippen MR) is 150 cm³/mol. The molecule has 0 aliphatic carbocycles. The maximum Gasteiger partial charge on any atom is 0.294 e. The highest BCUT2D eigenvalue weighted by Crippen LogP contribution is 2.34. The lowest BCUT2D eigenvalue weighted by Crippen LogP contribution is -2.36. The molecule has 186 valence electrons. The number of nitrogens with one attached hydrogen (secondary N) is 1. The van der Waals surface area contributed by atoms with Crippen LogP contribution >= 0.6 is 23.4 Å². The minimum atomic E-state index is -0.472. The monoisotopic (exact) mass is 529 g/mol. The van der Waals surface area contributed by atoms with Crippen molar-refractivity contribution in [3.05, 3.63) is 105 Å². The first-order valence-corrected chi connectivity index (χ1v) is 12.9. The summed E-state index contributed by atoms with van der Waals surface area (Å²) in [6, 6.07) is 21.2. The molecule has 1 saturated heterocycles. The third kappa shape index (κ3) is 5.33. The molecule has 4 aromatic rings. The van der Waals surface area contributed by atoms with Gasteiger partial charge in [0.05, 0.1) is 4.91 Å². The molecule has 5 rings (SSSR count). The molecule has 0 unspecified atom stereocenters. The van der Waals surface area contributed by atoms with E-state index in [1.165, 1.54) is 0 Å². The summed E-state index contributed by atoms with van der Waals surface area (Å²) in [7, 11) is 0. The summed E-state index contributed by atoms with van der Waals surface area (Å²) in [5.74, 6) is -0.897. The number of carbonyl (C=O) groups is 3. The predicted octanol–water partition coefficient (Wildman–Crippen LogP) is 6.63. The number of amides is 3. The zero-order valence-corrected chi connectivity index (χ0v) is 21.9. The normalized spacial score (nSPS) is 14.7. The van der Waals surface area contributed by atoms with Crippen molar-refractivity contribution in [2.75, 3.05) is 11.9 Å². The van der Waals surface area contributed by atoms with Gasteiger partial charge in [0, 0.05) is 39.9 Å². The van der Waals surface area contributed by atoms with Crippen molar-refractivity contribution in [2.24, 2.45) is 0 Å². The molecule has 1 N–H and O–H groups in total. The molecule has 1 fully saturated rings. The standard InChI is InChI=1S/C29H24ClN3O3S/c1-18-7-12-23(13-19(18)2)31-27(34)17-33-28(35)26(37-29(33)36)14-21-16-32(25-6-4-3-5-24(21)25)15-20-8-10-22(30)11-9-20/h3-14,16H,15,17H2,1-2H3,(H,31,34)/b26-14+. The highest BCUT2D eigenvalue weighted by Gasteiger charge is 2.36. The number of carbonyl (C=O) groups excluding carboxylic acids is 3. The number of benzene rings is 3. The first-order chi connectivity index (χ1) is 17.8. The van der Waals surface area contributed by atoms with Crippen LogP contribution in [0.25, 0.3) is 17.0 Å². The number of anilines is 1. The van der Waals surface area contributed by atoms with Gasteiger partial charge in [-0.1, -0.05) is 48.0 Å². The molecule has 0 saturated carbocycles. The second kappa shape index (κ2) is 10.3. The molecule has 1 aliphatic heterocycles. The van der Waals surface area contributed by atoms with Crippen LogP contribution in [0.1, 0.15) is 22.3 Å². The van der Waals surface area contributed by atoms with Gasteiger partial charge in [0.2, 0.25) is 5.91 Å². The molecular formula is C29H24ClN3O3S. The zero-order valence-electron chi connectivity index (χ0n) is 20.3. The lowest BCUT2D eigenvalue weighted by molar-refractivity contribution is -0.127. The molecule has 37 heavy (non-hydrogen) atoms. The number of fused-ring (bicyclic) bond motifs is 1. The number of nitrogens with zero attached hydrogens (tertiary/aromatic N) is 2. The Bertz CT molecular complexity index is 1570. The Morgan fingerprint density at radius 1 is 1.00 bits per heavy atom. The fourth-order valence-corrected chi connectivity index (χ4v) is 5.20. The zero-order chi connectivity index (χ0) is 26.1. The summed E-state index contributed by atoms with van der Waals surface area (Å²) < 4.78 is 2.10. The van der Waals surface area contributed by atoms with Crippen LogP contribution in [0.4, 0.5) is 10.5 Å². The van der Waals surface area contributed by atoms with Gasteiger partial charge in [-0.15, -0.1) is 0 Å². The van der Waals surface area contributed by atoms with E-state index in [2.05, 4.69) is 9.88 Å². The fourth-order valence-electron chi connectivity index (χ4n) is 4.25. The van der Waals surface area contributed by atoms with Gasteiger partial charge in [-0.2, -0.15) is 0 Å². The average Bonchev–Trinajstić information content (AvgIpc) is 3.35. The van der Waals surface area contributed by atoms with Crippen molar-refractivity contribution in [3.8, 4) is 0 Å². The largest absolute Gasteiger partial charge is 0.342 e. The minimum absolute atomic E-state index is 0.290. The highest BCUT2D eigenvalue weighted by atomic mass is 35.5. The number of halogens is 1. The molecule has 0 bridgehead atoms. The molecule has 0 atom stereocenters. The minimum Gasteiger partial charge on any atom is -0.342 e. The van der Waals surface area contributed by atoms with Crippen LogP contribution in [0.15, 0.2) is 77.8 Å². The third-order valence-corrected chi connectivity index (χ3v) is 7.50. The van der Waals surface area contributed by atoms with Gasteiger partial charge >= 0.3 is 0 Å². The van der Waals surface area contributed by atoms with Gasteiger partial charge in [-0.25, -0.2) is 0 Å². The third-order valence-electron chi connectivity index (χ3n) is 6.34. The number of aromatic nitrogens is 1. The molecule has 6 nitrogen and oxygen atoms in total. The Hall–Kier alpha value is -3.81. The summed E-state index contributed by atoms with van der Waals surface area (Å²) in [6.07, 6.45) is 3.70. The number of imide groups is 1. The van der Waals surface area contributed by atoms with Crippen LogP contribution in [0.2, 0.25) is 5.02 Å². The van der Waals surface area contributed by atoms with Crippen LogP contribution in [0.5, 0.6) is 0 Å². The molecule has 1 aliphatic rings. The van der Waals surface area contributed by atoms with E-state index in [4.69, 9.17) is 11.6 Å². The van der Waals surface area contributed by atoms with Crippen LogP contribution in [0, 0.1) is 13.8 Å². The molecule has 1 aromatic heterocycles. The van der Waals surface area contributed by atoms with Gasteiger partial charge in [0.1, 0.15) is 6.54 Å². The summed E-state index contributed by atoms with van der Waals surface area (Å²) in [5, 5.41) is 3.96. The Balaban J connectivity index is 1.36. The first-order valence-electron chi connectivity index (χ1n) is 11.7. The number of hydrogen-bond acceptors (Lipinski definition) is 4. The Labute approximate surface area is 223 Å². The quantitative estimate of drug-likeness (QED) is 0.284. The molecule has 3 aromatic carbocycles. The second-order valence-electron chi connectivity index (χ2n) is 8.97. The molecule has 0 radical (unpaired) electrons. The van der Waals surface area contributed by atoms with Crippen molar-refractivity contribution in [3.63, 3.8) is 0 Å². The Kier molecular flexibility index (Phi) is 6.91. The van der Waals surface area contributed by atoms with Crippen molar-refractivity contribution in [2.45, 2.75) is 20.4 Å². The van der Waals surface area contributed by atoms with E-state index in [9.17, 15) is 14.4 Å². The van der Waals surface area contributed by atoms with Crippen molar-refractivity contribution >= 4 is 63.1 Å². The van der Waals surface area contributed by atoms with E-state index >= 15 is 0 Å². The van der Waals surface area contributed by atoms with Crippen molar-refractivity contribution in [1.29, 1.82) is 0 Å².